The van der Waals surface area contributed by atoms with Gasteiger partial charge >= 0.3 is 0 Å². The standard InChI is InChI=1S/C23H36N2O4/c1-21(2,12-26)25-20(29)15-11-16(27)19-13-5-6-17-22(3,10-8-18(28)24-17)14(13)7-9-23(15,19)4/h8,10,13-17,19,26-27H,5-7,9,11-12H2,1-4H3,(H,24,28)(H,25,29)/t13-,14+,15-,16?,17-,19-,22-,23-/m1/s1. The van der Waals surface area contributed by atoms with E-state index in [1.807, 2.05) is 13.8 Å². The number of aliphatic hydroxyl groups excluding tert-OH is 2. The molecular formula is C23H36N2O4. The molecule has 4 rings (SSSR count). The third-order valence-electron chi connectivity index (χ3n) is 8.84. The Morgan fingerprint density at radius 1 is 1.31 bits per heavy atom. The van der Waals surface area contributed by atoms with Gasteiger partial charge in [0.1, 0.15) is 0 Å². The highest BCUT2D eigenvalue weighted by molar-refractivity contribution is 5.89. The summed E-state index contributed by atoms with van der Waals surface area (Å²) in [5.74, 6) is 0.571. The van der Waals surface area contributed by atoms with Gasteiger partial charge in [0.05, 0.1) is 18.2 Å². The molecule has 8 atom stereocenters. The van der Waals surface area contributed by atoms with Gasteiger partial charge in [-0.2, -0.15) is 0 Å². The first-order valence-corrected chi connectivity index (χ1v) is 11.1. The predicted molar refractivity (Wildman–Crippen MR) is 110 cm³/mol. The fourth-order valence-corrected chi connectivity index (χ4v) is 7.27. The van der Waals surface area contributed by atoms with Gasteiger partial charge in [0.15, 0.2) is 0 Å². The number of carbonyl (C=O) groups excluding carboxylic acids is 2. The molecule has 2 amide bonds. The third kappa shape index (κ3) is 3.14. The second-order valence-corrected chi connectivity index (χ2v) is 11.1. The van der Waals surface area contributed by atoms with Gasteiger partial charge in [-0.15, -0.1) is 0 Å². The Hall–Kier alpha value is -1.40. The largest absolute Gasteiger partial charge is 0.394 e. The molecule has 3 fully saturated rings. The Balaban J connectivity index is 1.61. The number of aliphatic hydroxyl groups is 2. The van der Waals surface area contributed by atoms with E-state index in [-0.39, 0.29) is 47.1 Å². The molecular weight excluding hydrogens is 368 g/mol. The van der Waals surface area contributed by atoms with Gasteiger partial charge in [0, 0.05) is 17.4 Å². The normalized spacial score (nSPS) is 46.3. The maximum absolute atomic E-state index is 13.1. The van der Waals surface area contributed by atoms with Crippen LogP contribution in [0, 0.1) is 34.5 Å². The van der Waals surface area contributed by atoms with E-state index < -0.39 is 11.6 Å². The van der Waals surface area contributed by atoms with Crippen molar-refractivity contribution >= 4 is 11.8 Å². The lowest BCUT2D eigenvalue weighted by atomic mass is 9.47. The molecule has 0 aromatic rings. The van der Waals surface area contributed by atoms with Gasteiger partial charge in [-0.3, -0.25) is 9.59 Å². The minimum atomic E-state index is -0.662. The maximum atomic E-state index is 13.1. The van der Waals surface area contributed by atoms with Gasteiger partial charge in [0.25, 0.3) is 0 Å². The highest BCUT2D eigenvalue weighted by Gasteiger charge is 2.63. The minimum absolute atomic E-state index is 0.00398. The Labute approximate surface area is 173 Å². The van der Waals surface area contributed by atoms with Crippen LogP contribution in [0.15, 0.2) is 12.2 Å². The number of hydrogen-bond donors (Lipinski definition) is 4. The first-order chi connectivity index (χ1) is 13.5. The fraction of sp³-hybridized carbons (Fsp3) is 0.826. The Morgan fingerprint density at radius 2 is 2.03 bits per heavy atom. The number of carbonyl (C=O) groups is 2. The third-order valence-corrected chi connectivity index (χ3v) is 8.84. The molecule has 4 N–H and O–H groups in total. The second kappa shape index (κ2) is 6.81. The van der Waals surface area contributed by atoms with Crippen LogP contribution in [0.1, 0.15) is 59.8 Å². The van der Waals surface area contributed by atoms with E-state index >= 15 is 0 Å². The number of rotatable bonds is 3. The van der Waals surface area contributed by atoms with Gasteiger partial charge < -0.3 is 20.8 Å². The van der Waals surface area contributed by atoms with Gasteiger partial charge in [0.2, 0.25) is 11.8 Å². The molecule has 0 spiro atoms. The van der Waals surface area contributed by atoms with Crippen molar-refractivity contribution in [1.29, 1.82) is 0 Å². The van der Waals surface area contributed by atoms with Crippen molar-refractivity contribution in [3.05, 3.63) is 12.2 Å². The monoisotopic (exact) mass is 404 g/mol. The molecule has 6 heteroatoms. The van der Waals surface area contributed by atoms with Crippen molar-refractivity contribution < 1.29 is 19.8 Å². The van der Waals surface area contributed by atoms with Gasteiger partial charge in [-0.1, -0.05) is 19.9 Å². The highest BCUT2D eigenvalue weighted by Crippen LogP contribution is 2.65. The zero-order valence-corrected chi connectivity index (χ0v) is 18.1. The van der Waals surface area contributed by atoms with Crippen LogP contribution in [0.5, 0.6) is 0 Å². The smallest absolute Gasteiger partial charge is 0.243 e. The molecule has 1 heterocycles. The summed E-state index contributed by atoms with van der Waals surface area (Å²) in [7, 11) is 0. The molecule has 0 aromatic heterocycles. The molecule has 0 saturated heterocycles. The van der Waals surface area contributed by atoms with E-state index in [0.717, 1.165) is 25.7 Å². The zero-order chi connectivity index (χ0) is 21.2. The number of nitrogens with one attached hydrogen (secondary N) is 2. The number of amides is 2. The molecule has 1 unspecified atom stereocenters. The summed E-state index contributed by atoms with van der Waals surface area (Å²) in [4.78, 5) is 25.0. The van der Waals surface area contributed by atoms with E-state index in [0.29, 0.717) is 18.3 Å². The lowest BCUT2D eigenvalue weighted by Crippen LogP contribution is -2.60. The number of hydrogen-bond acceptors (Lipinski definition) is 4. The summed E-state index contributed by atoms with van der Waals surface area (Å²) < 4.78 is 0. The molecule has 6 nitrogen and oxygen atoms in total. The summed E-state index contributed by atoms with van der Waals surface area (Å²) >= 11 is 0. The summed E-state index contributed by atoms with van der Waals surface area (Å²) in [6.45, 7) is 7.96. The number of fused-ring (bicyclic) bond motifs is 5. The van der Waals surface area contributed by atoms with Gasteiger partial charge in [-0.05, 0) is 75.2 Å². The van der Waals surface area contributed by atoms with Crippen molar-refractivity contribution in [3.63, 3.8) is 0 Å². The first kappa shape index (κ1) is 20.9. The van der Waals surface area contributed by atoms with Crippen LogP contribution in [0.4, 0.5) is 0 Å². The Bertz CT molecular complexity index is 734. The van der Waals surface area contributed by atoms with Crippen molar-refractivity contribution in [3.8, 4) is 0 Å². The molecule has 0 bridgehead atoms. The first-order valence-electron chi connectivity index (χ1n) is 11.1. The minimum Gasteiger partial charge on any atom is -0.394 e. The van der Waals surface area contributed by atoms with Crippen LogP contribution in [0.3, 0.4) is 0 Å². The summed E-state index contributed by atoms with van der Waals surface area (Å²) in [6.07, 6.45) is 7.58. The molecule has 3 saturated carbocycles. The molecule has 0 aromatic carbocycles. The quantitative estimate of drug-likeness (QED) is 0.576. The average molecular weight is 405 g/mol. The Morgan fingerprint density at radius 3 is 2.72 bits per heavy atom. The molecule has 3 aliphatic carbocycles. The molecule has 29 heavy (non-hydrogen) atoms. The predicted octanol–water partition coefficient (Wildman–Crippen LogP) is 1.76. The van der Waals surface area contributed by atoms with E-state index in [1.165, 1.54) is 0 Å². The topological polar surface area (TPSA) is 98.7 Å². The summed E-state index contributed by atoms with van der Waals surface area (Å²) in [6, 6.07) is 0.161. The highest BCUT2D eigenvalue weighted by atomic mass is 16.3. The van der Waals surface area contributed by atoms with Crippen LogP contribution in [-0.2, 0) is 9.59 Å². The van der Waals surface area contributed by atoms with Crippen LogP contribution in [-0.4, -0.2) is 46.3 Å². The molecule has 0 radical (unpaired) electrons. The zero-order valence-electron chi connectivity index (χ0n) is 18.1. The maximum Gasteiger partial charge on any atom is 0.243 e. The van der Waals surface area contributed by atoms with Crippen LogP contribution in [0.2, 0.25) is 0 Å². The van der Waals surface area contributed by atoms with Gasteiger partial charge in [-0.25, -0.2) is 0 Å². The van der Waals surface area contributed by atoms with E-state index in [1.54, 1.807) is 6.08 Å². The van der Waals surface area contributed by atoms with Crippen LogP contribution >= 0.6 is 0 Å². The Kier molecular flexibility index (Phi) is 4.90. The van der Waals surface area contributed by atoms with Crippen molar-refractivity contribution in [2.45, 2.75) is 77.5 Å². The van der Waals surface area contributed by atoms with Crippen molar-refractivity contribution in [1.82, 2.24) is 10.6 Å². The fourth-order valence-electron chi connectivity index (χ4n) is 7.27. The summed E-state index contributed by atoms with van der Waals surface area (Å²) in [5, 5.41) is 26.8. The van der Waals surface area contributed by atoms with Crippen LogP contribution < -0.4 is 10.6 Å². The van der Waals surface area contributed by atoms with E-state index in [9.17, 15) is 19.8 Å². The SMILES string of the molecule is CC(C)(CO)NC(=O)[C@H]1CC(O)[C@H]2[C@@H]3CC[C@H]4NC(=O)C=C[C@]4(C)[C@H]3CC[C@]12C. The molecule has 4 aliphatic rings. The van der Waals surface area contributed by atoms with E-state index in [4.69, 9.17) is 0 Å². The lowest BCUT2D eigenvalue weighted by molar-refractivity contribution is -0.137. The van der Waals surface area contributed by atoms with Crippen LogP contribution in [0.25, 0.3) is 0 Å². The average Bonchev–Trinajstić information content (AvgIpc) is 2.93. The molecule has 1 aliphatic heterocycles. The van der Waals surface area contributed by atoms with Crippen molar-refractivity contribution in [2.24, 2.45) is 34.5 Å². The lowest BCUT2D eigenvalue weighted by Gasteiger charge is -2.59. The molecule has 162 valence electrons. The summed E-state index contributed by atoms with van der Waals surface area (Å²) in [5.41, 5.74) is -0.984. The second-order valence-electron chi connectivity index (χ2n) is 11.1. The van der Waals surface area contributed by atoms with Crippen molar-refractivity contribution in [2.75, 3.05) is 6.61 Å². The van der Waals surface area contributed by atoms with E-state index in [2.05, 4.69) is 30.6 Å².